The summed E-state index contributed by atoms with van der Waals surface area (Å²) in [5, 5.41) is 0. The van der Waals surface area contributed by atoms with Crippen molar-refractivity contribution in [1.82, 2.24) is 0 Å². The van der Waals surface area contributed by atoms with Crippen LogP contribution in [0.5, 0.6) is 0 Å². The lowest BCUT2D eigenvalue weighted by molar-refractivity contribution is -0.116. The van der Waals surface area contributed by atoms with Gasteiger partial charge in [-0.2, -0.15) is 0 Å². The number of Topliss-reactive ketones (excluding diaryl/α,β-unsaturated/α-hetero) is 1. The second-order valence-electron chi connectivity index (χ2n) is 4.30. The third-order valence-corrected chi connectivity index (χ3v) is 3.74. The average Bonchev–Trinajstić information content (AvgIpc) is 2.39. The lowest BCUT2D eigenvalue weighted by atomic mass is 10.1. The number of carbonyl (C=O) groups is 1. The van der Waals surface area contributed by atoms with Crippen LogP contribution in [0, 0.1) is 6.92 Å². The van der Waals surface area contributed by atoms with E-state index in [9.17, 15) is 4.79 Å². The van der Waals surface area contributed by atoms with Crippen molar-refractivity contribution in [3.05, 3.63) is 65.7 Å². The fourth-order valence-corrected chi connectivity index (χ4v) is 2.43. The molecule has 18 heavy (non-hydrogen) atoms. The summed E-state index contributed by atoms with van der Waals surface area (Å²) in [6, 6.07) is 18.2. The molecule has 0 heterocycles. The predicted molar refractivity (Wildman–Crippen MR) is 77.1 cm³/mol. The van der Waals surface area contributed by atoms with Crippen LogP contribution in [0.15, 0.2) is 59.5 Å². The summed E-state index contributed by atoms with van der Waals surface area (Å²) in [7, 11) is 0. The normalized spacial score (nSPS) is 10.3. The molecular formula is C16H16OS. The van der Waals surface area contributed by atoms with E-state index in [1.54, 1.807) is 11.8 Å². The molecule has 0 saturated heterocycles. The molecule has 0 radical (unpaired) electrons. The summed E-state index contributed by atoms with van der Waals surface area (Å²) < 4.78 is 0. The summed E-state index contributed by atoms with van der Waals surface area (Å²) in [5.41, 5.74) is 2.34. The maximum absolute atomic E-state index is 11.8. The van der Waals surface area contributed by atoms with Gasteiger partial charge >= 0.3 is 0 Å². The van der Waals surface area contributed by atoms with Crippen LogP contribution in [0.3, 0.4) is 0 Å². The minimum atomic E-state index is 0.270. The molecule has 0 bridgehead atoms. The molecule has 0 aliphatic heterocycles. The third kappa shape index (κ3) is 4.04. The molecular weight excluding hydrogens is 240 g/mol. The first kappa shape index (κ1) is 12.9. The highest BCUT2D eigenvalue weighted by molar-refractivity contribution is 8.00. The minimum Gasteiger partial charge on any atom is -0.298 e. The number of aryl methyl sites for hydroxylation is 1. The Hall–Kier alpha value is -1.54. The summed E-state index contributed by atoms with van der Waals surface area (Å²) in [6.07, 6.45) is 0.527. The van der Waals surface area contributed by atoms with E-state index >= 15 is 0 Å². The van der Waals surface area contributed by atoms with Crippen LogP contribution in [0.25, 0.3) is 0 Å². The molecule has 0 fully saturated rings. The van der Waals surface area contributed by atoms with Crippen LogP contribution < -0.4 is 0 Å². The zero-order valence-corrected chi connectivity index (χ0v) is 11.2. The smallest absolute Gasteiger partial charge is 0.147 e. The summed E-state index contributed by atoms with van der Waals surface area (Å²) in [4.78, 5) is 13.0. The van der Waals surface area contributed by atoms with Gasteiger partial charge in [0.25, 0.3) is 0 Å². The van der Waals surface area contributed by atoms with Gasteiger partial charge in [0, 0.05) is 11.3 Å². The highest BCUT2D eigenvalue weighted by Crippen LogP contribution is 2.18. The Kier molecular flexibility index (Phi) is 4.59. The van der Waals surface area contributed by atoms with Crippen molar-refractivity contribution in [3.8, 4) is 0 Å². The molecule has 0 N–H and O–H groups in total. The number of hydrogen-bond acceptors (Lipinski definition) is 2. The summed E-state index contributed by atoms with van der Waals surface area (Å²) in [6.45, 7) is 2.06. The Morgan fingerprint density at radius 1 is 1.00 bits per heavy atom. The molecule has 92 valence electrons. The van der Waals surface area contributed by atoms with Gasteiger partial charge in [0.2, 0.25) is 0 Å². The van der Waals surface area contributed by atoms with Crippen LogP contribution >= 0.6 is 11.8 Å². The SMILES string of the molecule is Cc1ccc(SCC(=O)Cc2ccccc2)cc1. The first-order valence-corrected chi connectivity index (χ1v) is 6.98. The van der Waals surface area contributed by atoms with Crippen LogP contribution in [0.1, 0.15) is 11.1 Å². The molecule has 2 aromatic rings. The number of ketones is 1. The van der Waals surface area contributed by atoms with Crippen LogP contribution in [-0.2, 0) is 11.2 Å². The van der Waals surface area contributed by atoms with Gasteiger partial charge < -0.3 is 0 Å². The Bertz CT molecular complexity index is 502. The fraction of sp³-hybridized carbons (Fsp3) is 0.188. The molecule has 2 heteroatoms. The van der Waals surface area contributed by atoms with E-state index in [1.165, 1.54) is 5.56 Å². The van der Waals surface area contributed by atoms with Crippen LogP contribution in [0.4, 0.5) is 0 Å². The zero-order valence-electron chi connectivity index (χ0n) is 10.4. The van der Waals surface area contributed by atoms with Gasteiger partial charge in [-0.25, -0.2) is 0 Å². The van der Waals surface area contributed by atoms with E-state index in [0.29, 0.717) is 12.2 Å². The Morgan fingerprint density at radius 2 is 1.67 bits per heavy atom. The van der Waals surface area contributed by atoms with Gasteiger partial charge in [0.15, 0.2) is 0 Å². The van der Waals surface area contributed by atoms with E-state index < -0.39 is 0 Å². The highest BCUT2D eigenvalue weighted by atomic mass is 32.2. The Balaban J connectivity index is 1.83. The van der Waals surface area contributed by atoms with Gasteiger partial charge in [0.05, 0.1) is 5.75 Å². The van der Waals surface area contributed by atoms with E-state index in [2.05, 4.69) is 31.2 Å². The van der Waals surface area contributed by atoms with Crippen molar-refractivity contribution in [1.29, 1.82) is 0 Å². The third-order valence-electron chi connectivity index (χ3n) is 2.66. The van der Waals surface area contributed by atoms with Gasteiger partial charge in [-0.1, -0.05) is 48.0 Å². The largest absolute Gasteiger partial charge is 0.298 e. The van der Waals surface area contributed by atoms with E-state index in [4.69, 9.17) is 0 Å². The highest BCUT2D eigenvalue weighted by Gasteiger charge is 2.04. The lowest BCUT2D eigenvalue weighted by Gasteiger charge is -2.02. The lowest BCUT2D eigenvalue weighted by Crippen LogP contribution is -2.05. The molecule has 0 aliphatic carbocycles. The predicted octanol–water partition coefficient (Wildman–Crippen LogP) is 3.90. The van der Waals surface area contributed by atoms with E-state index in [-0.39, 0.29) is 5.78 Å². The molecule has 0 aromatic heterocycles. The molecule has 2 rings (SSSR count). The quantitative estimate of drug-likeness (QED) is 0.755. The van der Waals surface area contributed by atoms with Crippen molar-refractivity contribution in [2.24, 2.45) is 0 Å². The molecule has 0 amide bonds. The van der Waals surface area contributed by atoms with Crippen molar-refractivity contribution >= 4 is 17.5 Å². The monoisotopic (exact) mass is 256 g/mol. The maximum Gasteiger partial charge on any atom is 0.147 e. The molecule has 0 atom stereocenters. The summed E-state index contributed by atoms with van der Waals surface area (Å²) in [5.74, 6) is 0.810. The molecule has 2 aromatic carbocycles. The zero-order chi connectivity index (χ0) is 12.8. The van der Waals surface area contributed by atoms with Crippen molar-refractivity contribution in [2.75, 3.05) is 5.75 Å². The van der Waals surface area contributed by atoms with Gasteiger partial charge in [-0.3, -0.25) is 4.79 Å². The minimum absolute atomic E-state index is 0.270. The number of thioether (sulfide) groups is 1. The standard InChI is InChI=1S/C16H16OS/c1-13-7-9-16(10-8-13)18-12-15(17)11-14-5-3-2-4-6-14/h2-10H,11-12H2,1H3. The molecule has 0 spiro atoms. The average molecular weight is 256 g/mol. The van der Waals surface area contributed by atoms with E-state index in [0.717, 1.165) is 10.5 Å². The summed E-state index contributed by atoms with van der Waals surface area (Å²) >= 11 is 1.61. The maximum atomic E-state index is 11.8. The van der Waals surface area contributed by atoms with Crippen molar-refractivity contribution in [2.45, 2.75) is 18.2 Å². The number of hydrogen-bond donors (Lipinski definition) is 0. The van der Waals surface area contributed by atoms with Crippen molar-refractivity contribution < 1.29 is 4.79 Å². The molecule has 1 nitrogen and oxygen atoms in total. The number of rotatable bonds is 5. The topological polar surface area (TPSA) is 17.1 Å². The Labute approximate surface area is 112 Å². The van der Waals surface area contributed by atoms with E-state index in [1.807, 2.05) is 30.3 Å². The van der Waals surface area contributed by atoms with Crippen LogP contribution in [0.2, 0.25) is 0 Å². The Morgan fingerprint density at radius 3 is 2.33 bits per heavy atom. The van der Waals surface area contributed by atoms with Crippen molar-refractivity contribution in [3.63, 3.8) is 0 Å². The van der Waals surface area contributed by atoms with Crippen LogP contribution in [-0.4, -0.2) is 11.5 Å². The van der Waals surface area contributed by atoms with Gasteiger partial charge in [-0.05, 0) is 24.6 Å². The van der Waals surface area contributed by atoms with Gasteiger partial charge in [0.1, 0.15) is 5.78 Å². The molecule has 0 saturated carbocycles. The molecule has 0 unspecified atom stereocenters. The second kappa shape index (κ2) is 6.41. The first-order chi connectivity index (χ1) is 8.74. The first-order valence-electron chi connectivity index (χ1n) is 5.99. The van der Waals surface area contributed by atoms with Gasteiger partial charge in [-0.15, -0.1) is 11.8 Å². The number of carbonyl (C=O) groups excluding carboxylic acids is 1. The molecule has 0 aliphatic rings. The number of benzene rings is 2. The fourth-order valence-electron chi connectivity index (χ4n) is 1.67. The second-order valence-corrected chi connectivity index (χ2v) is 5.35.